The molecule has 0 aliphatic carbocycles. The molecule has 0 saturated carbocycles. The zero-order chi connectivity index (χ0) is 18.7. The summed E-state index contributed by atoms with van der Waals surface area (Å²) in [5.74, 6) is 0. The molecule has 4 aromatic carbocycles. The fraction of sp³-hybridized carbons (Fsp3) is 0. The minimum absolute atomic E-state index is 0.276. The van der Waals surface area contributed by atoms with Gasteiger partial charge < -0.3 is 0 Å². The van der Waals surface area contributed by atoms with Crippen molar-refractivity contribution in [3.63, 3.8) is 0 Å². The second kappa shape index (κ2) is 5.99. The van der Waals surface area contributed by atoms with Gasteiger partial charge in [-0.3, -0.25) is 0 Å². The van der Waals surface area contributed by atoms with E-state index in [1.54, 1.807) is 0 Å². The lowest BCUT2D eigenvalue weighted by Crippen LogP contribution is -1.91. The highest BCUT2D eigenvalue weighted by Crippen LogP contribution is 2.42. The largest absolute Gasteiger partial charge is 0.223 e. The van der Waals surface area contributed by atoms with Crippen LogP contribution in [-0.2, 0) is 0 Å². The third-order valence-corrected chi connectivity index (χ3v) is 6.57. The van der Waals surface area contributed by atoms with Crippen LogP contribution in [0.4, 0.5) is 0 Å². The Kier molecular flexibility index (Phi) is 3.42. The van der Waals surface area contributed by atoms with Crippen LogP contribution in [0.1, 0.15) is 0 Å². The molecule has 0 aliphatic heterocycles. The first kappa shape index (κ1) is 16.0. The molecule has 0 spiro atoms. The Morgan fingerprint density at radius 1 is 0.679 bits per heavy atom. The third-order valence-electron chi connectivity index (χ3n) is 5.20. The normalized spacial score (nSPS) is 11.8. The molecule has 0 saturated heterocycles. The first-order valence-corrected chi connectivity index (χ1v) is 10.2. The number of rotatable bonds is 1. The van der Waals surface area contributed by atoms with Crippen molar-refractivity contribution >= 4 is 64.8 Å². The van der Waals surface area contributed by atoms with Crippen molar-refractivity contribution in [2.75, 3.05) is 0 Å². The van der Waals surface area contributed by atoms with E-state index in [1.807, 2.05) is 29.5 Å². The van der Waals surface area contributed by atoms with Gasteiger partial charge in [0.2, 0.25) is 5.28 Å². The molecule has 0 unspecified atom stereocenters. The van der Waals surface area contributed by atoms with Gasteiger partial charge in [0.15, 0.2) is 0 Å². The van der Waals surface area contributed by atoms with E-state index in [4.69, 9.17) is 11.6 Å². The van der Waals surface area contributed by atoms with Gasteiger partial charge in [-0.05, 0) is 40.6 Å². The number of hydrogen-bond donors (Lipinski definition) is 0. The van der Waals surface area contributed by atoms with Crippen LogP contribution in [0.25, 0.3) is 53.1 Å². The second-order valence-electron chi connectivity index (χ2n) is 6.84. The summed E-state index contributed by atoms with van der Waals surface area (Å²) in [6, 6.07) is 27.5. The minimum Gasteiger partial charge on any atom is -0.218 e. The SMILES string of the molecule is Clc1nc(-c2cccc3c2sc2cc4ccccc4cc23)c2ccccc2n1. The molecule has 6 aromatic rings. The zero-order valence-corrected chi connectivity index (χ0v) is 16.3. The summed E-state index contributed by atoms with van der Waals surface area (Å²) in [6.07, 6.45) is 0. The van der Waals surface area contributed by atoms with Gasteiger partial charge in [0.25, 0.3) is 0 Å². The van der Waals surface area contributed by atoms with Crippen LogP contribution in [-0.4, -0.2) is 9.97 Å². The Morgan fingerprint density at radius 2 is 1.43 bits per heavy atom. The predicted octanol–water partition coefficient (Wildman–Crippen LogP) is 7.47. The molecule has 2 heterocycles. The van der Waals surface area contributed by atoms with E-state index in [-0.39, 0.29) is 5.28 Å². The van der Waals surface area contributed by atoms with Crippen LogP contribution in [0.2, 0.25) is 5.28 Å². The average Bonchev–Trinajstić information content (AvgIpc) is 3.09. The van der Waals surface area contributed by atoms with Crippen LogP contribution in [0.15, 0.2) is 78.9 Å². The van der Waals surface area contributed by atoms with Crippen LogP contribution in [0, 0.1) is 0 Å². The standard InChI is InChI=1S/C24H13ClN2S/c25-24-26-20-11-4-3-8-17(20)22(27-24)18-10-5-9-16-19-12-14-6-1-2-7-15(14)13-21(19)28-23(16)18/h1-13H. The van der Waals surface area contributed by atoms with Crippen LogP contribution >= 0.6 is 22.9 Å². The number of nitrogens with zero attached hydrogens (tertiary/aromatic N) is 2. The van der Waals surface area contributed by atoms with Gasteiger partial charge >= 0.3 is 0 Å². The van der Waals surface area contributed by atoms with Crippen molar-refractivity contribution in [2.45, 2.75) is 0 Å². The van der Waals surface area contributed by atoms with Gasteiger partial charge in [0.1, 0.15) is 0 Å². The minimum atomic E-state index is 0.276. The Balaban J connectivity index is 1.74. The predicted molar refractivity (Wildman–Crippen MR) is 120 cm³/mol. The quantitative estimate of drug-likeness (QED) is 0.269. The maximum atomic E-state index is 6.26. The highest BCUT2D eigenvalue weighted by atomic mass is 35.5. The number of halogens is 1. The smallest absolute Gasteiger partial charge is 0.218 e. The van der Waals surface area contributed by atoms with Crippen LogP contribution in [0.3, 0.4) is 0 Å². The van der Waals surface area contributed by atoms with Gasteiger partial charge in [-0.25, -0.2) is 9.97 Å². The number of aromatic nitrogens is 2. The number of fused-ring (bicyclic) bond motifs is 5. The Labute approximate surface area is 170 Å². The number of hydrogen-bond acceptors (Lipinski definition) is 3. The topological polar surface area (TPSA) is 25.8 Å². The van der Waals surface area contributed by atoms with Gasteiger partial charge in [-0.1, -0.05) is 60.7 Å². The van der Waals surface area contributed by atoms with Crippen molar-refractivity contribution in [1.82, 2.24) is 9.97 Å². The van der Waals surface area contributed by atoms with E-state index in [2.05, 4.69) is 70.6 Å². The molecule has 0 aliphatic rings. The lowest BCUT2D eigenvalue weighted by molar-refractivity contribution is 1.23. The van der Waals surface area contributed by atoms with Crippen molar-refractivity contribution in [3.05, 3.63) is 84.1 Å². The summed E-state index contributed by atoms with van der Waals surface area (Å²) in [6.45, 7) is 0. The summed E-state index contributed by atoms with van der Waals surface area (Å²) in [5, 5.41) is 6.35. The molecule has 0 atom stereocenters. The lowest BCUT2D eigenvalue weighted by Gasteiger charge is -2.07. The number of para-hydroxylation sites is 1. The summed E-state index contributed by atoms with van der Waals surface area (Å²) >= 11 is 8.06. The lowest BCUT2D eigenvalue weighted by atomic mass is 10.0. The van der Waals surface area contributed by atoms with Gasteiger partial charge in [-0.2, -0.15) is 0 Å². The second-order valence-corrected chi connectivity index (χ2v) is 8.23. The molecule has 4 heteroatoms. The summed E-state index contributed by atoms with van der Waals surface area (Å²) in [4.78, 5) is 8.99. The molecular formula is C24H13ClN2S. The molecule has 132 valence electrons. The molecule has 2 nitrogen and oxygen atoms in total. The first-order valence-electron chi connectivity index (χ1n) is 9.05. The van der Waals surface area contributed by atoms with Crippen LogP contribution in [0.5, 0.6) is 0 Å². The maximum absolute atomic E-state index is 6.26. The number of thiophene rings is 1. The fourth-order valence-electron chi connectivity index (χ4n) is 3.92. The Hall–Kier alpha value is -3.01. The van der Waals surface area contributed by atoms with Gasteiger partial charge in [-0.15, -0.1) is 11.3 Å². The van der Waals surface area contributed by atoms with E-state index in [1.165, 1.54) is 30.9 Å². The summed E-state index contributed by atoms with van der Waals surface area (Å²) in [5.41, 5.74) is 2.85. The summed E-state index contributed by atoms with van der Waals surface area (Å²) < 4.78 is 2.51. The molecule has 0 N–H and O–H groups in total. The van der Waals surface area contributed by atoms with Gasteiger partial charge in [0, 0.05) is 31.1 Å². The molecular weight excluding hydrogens is 384 g/mol. The Bertz CT molecular complexity index is 1530. The number of benzene rings is 4. The zero-order valence-electron chi connectivity index (χ0n) is 14.7. The monoisotopic (exact) mass is 396 g/mol. The molecule has 0 fully saturated rings. The highest BCUT2D eigenvalue weighted by Gasteiger charge is 2.15. The van der Waals surface area contributed by atoms with E-state index >= 15 is 0 Å². The van der Waals surface area contributed by atoms with Crippen molar-refractivity contribution in [1.29, 1.82) is 0 Å². The van der Waals surface area contributed by atoms with E-state index in [9.17, 15) is 0 Å². The fourth-order valence-corrected chi connectivity index (χ4v) is 5.35. The first-order chi connectivity index (χ1) is 13.8. The van der Waals surface area contributed by atoms with E-state index < -0.39 is 0 Å². The van der Waals surface area contributed by atoms with E-state index in [0.717, 1.165) is 22.2 Å². The molecule has 6 rings (SSSR count). The summed E-state index contributed by atoms with van der Waals surface area (Å²) in [7, 11) is 0. The molecule has 0 amide bonds. The van der Waals surface area contributed by atoms with E-state index in [0.29, 0.717) is 0 Å². The molecule has 2 aromatic heterocycles. The molecule has 0 bridgehead atoms. The van der Waals surface area contributed by atoms with Crippen molar-refractivity contribution in [3.8, 4) is 11.3 Å². The maximum Gasteiger partial charge on any atom is 0.223 e. The van der Waals surface area contributed by atoms with Gasteiger partial charge in [0.05, 0.1) is 11.2 Å². The molecule has 28 heavy (non-hydrogen) atoms. The van der Waals surface area contributed by atoms with Crippen LogP contribution < -0.4 is 0 Å². The Morgan fingerprint density at radius 3 is 2.32 bits per heavy atom. The highest BCUT2D eigenvalue weighted by molar-refractivity contribution is 7.26. The average molecular weight is 397 g/mol. The van der Waals surface area contributed by atoms with Crippen molar-refractivity contribution in [2.24, 2.45) is 0 Å². The third kappa shape index (κ3) is 2.34. The molecule has 0 radical (unpaired) electrons. The van der Waals surface area contributed by atoms with Crippen molar-refractivity contribution < 1.29 is 0 Å².